The number of carbonyl (C=O) groups is 1. The van der Waals surface area contributed by atoms with Gasteiger partial charge in [-0.15, -0.1) is 21.5 Å². The number of hydrogen-bond acceptors (Lipinski definition) is 8. The average Bonchev–Trinajstić information content (AvgIpc) is 3.39. The third kappa shape index (κ3) is 4.67. The molecule has 11 heteroatoms. The zero-order chi connectivity index (χ0) is 21.8. The summed E-state index contributed by atoms with van der Waals surface area (Å²) in [5.41, 5.74) is 2.14. The second-order valence-corrected chi connectivity index (χ2v) is 8.06. The van der Waals surface area contributed by atoms with E-state index in [4.69, 9.17) is 10.6 Å². The molecule has 2 heterocycles. The quantitative estimate of drug-likeness (QED) is 0.323. The van der Waals surface area contributed by atoms with Crippen LogP contribution in [0.5, 0.6) is 5.75 Å². The van der Waals surface area contributed by atoms with E-state index in [-0.39, 0.29) is 17.5 Å². The fraction of sp³-hybridized carbons (Fsp3) is 0.100. The maximum Gasteiger partial charge on any atom is 0.236 e. The fourth-order valence-electron chi connectivity index (χ4n) is 2.76. The minimum atomic E-state index is -0.314. The van der Waals surface area contributed by atoms with Gasteiger partial charge in [-0.1, -0.05) is 23.9 Å². The highest BCUT2D eigenvalue weighted by atomic mass is 32.2. The first-order valence-electron chi connectivity index (χ1n) is 9.03. The minimum Gasteiger partial charge on any atom is -0.496 e. The highest BCUT2D eigenvalue weighted by Crippen LogP contribution is 2.29. The zero-order valence-corrected chi connectivity index (χ0v) is 17.9. The van der Waals surface area contributed by atoms with E-state index in [0.717, 1.165) is 17.3 Å². The molecule has 0 atom stereocenters. The summed E-state index contributed by atoms with van der Waals surface area (Å²) in [4.78, 5) is 16.7. The van der Waals surface area contributed by atoms with Gasteiger partial charge in [-0.2, -0.15) is 0 Å². The number of amides is 1. The molecule has 2 aromatic carbocycles. The Morgan fingerprint density at radius 3 is 2.77 bits per heavy atom. The van der Waals surface area contributed by atoms with Crippen LogP contribution in [0.4, 0.5) is 9.52 Å². The number of nitrogens with one attached hydrogen (secondary N) is 1. The monoisotopic (exact) mass is 456 g/mol. The fourth-order valence-corrected chi connectivity index (χ4v) is 4.15. The van der Waals surface area contributed by atoms with Gasteiger partial charge in [-0.05, 0) is 36.4 Å². The molecule has 0 aliphatic carbocycles. The number of halogens is 1. The largest absolute Gasteiger partial charge is 0.496 e. The van der Waals surface area contributed by atoms with Crippen molar-refractivity contribution in [2.45, 2.75) is 5.16 Å². The lowest BCUT2D eigenvalue weighted by atomic mass is 10.2. The highest BCUT2D eigenvalue weighted by molar-refractivity contribution is 7.99. The van der Waals surface area contributed by atoms with Crippen LogP contribution >= 0.6 is 23.1 Å². The second kappa shape index (κ2) is 9.14. The lowest BCUT2D eigenvalue weighted by Gasteiger charge is -2.07. The number of nitrogens with two attached hydrogens (primary N) is 1. The summed E-state index contributed by atoms with van der Waals surface area (Å²) in [6, 6.07) is 13.3. The maximum absolute atomic E-state index is 13.1. The number of para-hydroxylation sites is 1. The molecule has 0 bridgehead atoms. The van der Waals surface area contributed by atoms with Gasteiger partial charge in [0.2, 0.25) is 11.1 Å². The van der Waals surface area contributed by atoms with Crippen LogP contribution in [0.1, 0.15) is 0 Å². The molecule has 2 aromatic heterocycles. The van der Waals surface area contributed by atoms with E-state index in [9.17, 15) is 9.18 Å². The Labute approximate surface area is 185 Å². The normalized spacial score (nSPS) is 10.8. The van der Waals surface area contributed by atoms with Crippen LogP contribution in [0, 0.1) is 5.82 Å². The number of carbonyl (C=O) groups excluding carboxylic acids is 1. The van der Waals surface area contributed by atoms with Crippen LogP contribution in [-0.4, -0.2) is 38.6 Å². The van der Waals surface area contributed by atoms with Crippen molar-refractivity contribution in [2.75, 3.05) is 24.0 Å². The van der Waals surface area contributed by atoms with Crippen LogP contribution in [0.3, 0.4) is 0 Å². The standard InChI is InChI=1S/C20H17FN6O2S2/c1-29-16-5-3-2-4-14(16)18-25-26-20(27(18)22)31-11-17(28)24-19-23-15(10-30-19)12-6-8-13(21)9-7-12/h2-10H,11,22H2,1H3,(H,23,24,28). The predicted octanol–water partition coefficient (Wildman–Crippen LogP) is 3.66. The predicted molar refractivity (Wildman–Crippen MR) is 119 cm³/mol. The summed E-state index contributed by atoms with van der Waals surface area (Å²) in [7, 11) is 1.57. The number of ether oxygens (including phenoxy) is 1. The van der Waals surface area contributed by atoms with Gasteiger partial charge in [0.25, 0.3) is 0 Å². The minimum absolute atomic E-state index is 0.0761. The van der Waals surface area contributed by atoms with Crippen molar-refractivity contribution in [3.63, 3.8) is 0 Å². The van der Waals surface area contributed by atoms with Crippen molar-refractivity contribution >= 4 is 34.1 Å². The molecule has 0 aliphatic rings. The van der Waals surface area contributed by atoms with Gasteiger partial charge in [0.05, 0.1) is 24.1 Å². The Hall–Kier alpha value is -3.44. The van der Waals surface area contributed by atoms with Gasteiger partial charge in [0.15, 0.2) is 11.0 Å². The number of thiazole rings is 1. The van der Waals surface area contributed by atoms with E-state index in [0.29, 0.717) is 33.1 Å². The van der Waals surface area contributed by atoms with Gasteiger partial charge in [0.1, 0.15) is 11.6 Å². The number of hydrogen-bond donors (Lipinski definition) is 2. The molecule has 0 unspecified atom stereocenters. The van der Waals surface area contributed by atoms with Crippen molar-refractivity contribution in [2.24, 2.45) is 0 Å². The molecule has 0 spiro atoms. The molecule has 0 saturated carbocycles. The zero-order valence-electron chi connectivity index (χ0n) is 16.3. The lowest BCUT2D eigenvalue weighted by molar-refractivity contribution is -0.113. The topological polar surface area (TPSA) is 108 Å². The van der Waals surface area contributed by atoms with Crippen molar-refractivity contribution < 1.29 is 13.9 Å². The molecule has 0 fully saturated rings. The summed E-state index contributed by atoms with van der Waals surface area (Å²) in [5, 5.41) is 13.6. The average molecular weight is 457 g/mol. The van der Waals surface area contributed by atoms with Gasteiger partial charge >= 0.3 is 0 Å². The van der Waals surface area contributed by atoms with E-state index in [1.54, 1.807) is 30.7 Å². The van der Waals surface area contributed by atoms with Gasteiger partial charge in [-0.3, -0.25) is 4.79 Å². The van der Waals surface area contributed by atoms with E-state index in [2.05, 4.69) is 20.5 Å². The summed E-state index contributed by atoms with van der Waals surface area (Å²) < 4.78 is 19.7. The number of benzene rings is 2. The van der Waals surface area contributed by atoms with Crippen LogP contribution in [-0.2, 0) is 4.79 Å². The van der Waals surface area contributed by atoms with Crippen LogP contribution in [0.2, 0.25) is 0 Å². The Balaban J connectivity index is 1.39. The Morgan fingerprint density at radius 2 is 2.00 bits per heavy atom. The number of rotatable bonds is 7. The molecule has 4 aromatic rings. The number of nitrogens with zero attached hydrogens (tertiary/aromatic N) is 4. The molecule has 1 amide bonds. The van der Waals surface area contributed by atoms with Crippen molar-refractivity contribution in [1.82, 2.24) is 19.9 Å². The third-order valence-corrected chi connectivity index (χ3v) is 5.94. The molecular formula is C20H17FN6O2S2. The molecule has 0 aliphatic heterocycles. The first kappa shape index (κ1) is 20.8. The van der Waals surface area contributed by atoms with E-state index in [1.807, 2.05) is 18.2 Å². The van der Waals surface area contributed by atoms with Crippen LogP contribution in [0.25, 0.3) is 22.6 Å². The molecule has 0 radical (unpaired) electrons. The van der Waals surface area contributed by atoms with E-state index < -0.39 is 0 Å². The van der Waals surface area contributed by atoms with Gasteiger partial charge < -0.3 is 15.9 Å². The SMILES string of the molecule is COc1ccccc1-c1nnc(SCC(=O)Nc2nc(-c3ccc(F)cc3)cs2)n1N. The molecular weight excluding hydrogens is 439 g/mol. The number of thioether (sulfide) groups is 1. The Bertz CT molecular complexity index is 1210. The number of nitrogen functional groups attached to an aromatic ring is 1. The van der Waals surface area contributed by atoms with Crippen LogP contribution in [0.15, 0.2) is 59.1 Å². The van der Waals surface area contributed by atoms with Crippen LogP contribution < -0.4 is 15.9 Å². The van der Waals surface area contributed by atoms with E-state index >= 15 is 0 Å². The van der Waals surface area contributed by atoms with Crippen molar-refractivity contribution in [1.29, 1.82) is 0 Å². The molecule has 0 saturated heterocycles. The number of methoxy groups -OCH3 is 1. The summed E-state index contributed by atoms with van der Waals surface area (Å²) in [5.74, 6) is 6.68. The first-order valence-corrected chi connectivity index (χ1v) is 10.9. The smallest absolute Gasteiger partial charge is 0.236 e. The van der Waals surface area contributed by atoms with Gasteiger partial charge in [0, 0.05) is 10.9 Å². The summed E-state index contributed by atoms with van der Waals surface area (Å²) >= 11 is 2.44. The molecule has 31 heavy (non-hydrogen) atoms. The Kier molecular flexibility index (Phi) is 6.14. The number of anilines is 1. The number of aromatic nitrogens is 4. The van der Waals surface area contributed by atoms with Crippen molar-refractivity contribution in [3.8, 4) is 28.4 Å². The second-order valence-electron chi connectivity index (χ2n) is 6.26. The Morgan fingerprint density at radius 1 is 1.23 bits per heavy atom. The maximum atomic E-state index is 13.1. The highest BCUT2D eigenvalue weighted by Gasteiger charge is 2.17. The molecule has 8 nitrogen and oxygen atoms in total. The summed E-state index contributed by atoms with van der Waals surface area (Å²) in [6.07, 6.45) is 0. The van der Waals surface area contributed by atoms with Gasteiger partial charge in [-0.25, -0.2) is 14.1 Å². The van der Waals surface area contributed by atoms with Crippen molar-refractivity contribution in [3.05, 3.63) is 59.7 Å². The molecule has 158 valence electrons. The first-order chi connectivity index (χ1) is 15.0. The molecule has 3 N–H and O–H groups in total. The third-order valence-electron chi connectivity index (χ3n) is 4.24. The molecule has 4 rings (SSSR count). The van der Waals surface area contributed by atoms with E-state index in [1.165, 1.54) is 28.1 Å². The lowest BCUT2D eigenvalue weighted by Crippen LogP contribution is -2.16. The summed E-state index contributed by atoms with van der Waals surface area (Å²) in [6.45, 7) is 0.